The molecule has 5 heteroatoms. The van der Waals surface area contributed by atoms with E-state index in [0.717, 1.165) is 32.4 Å². The number of carbonyl (C=O) groups excluding carboxylic acids is 1. The molecule has 0 aliphatic heterocycles. The molecule has 1 unspecified atom stereocenters. The van der Waals surface area contributed by atoms with Gasteiger partial charge in [-0.2, -0.15) is 0 Å². The Labute approximate surface area is 104 Å². The van der Waals surface area contributed by atoms with Crippen molar-refractivity contribution in [3.8, 4) is 0 Å². The molecule has 0 spiro atoms. The van der Waals surface area contributed by atoms with Crippen LogP contribution in [-0.4, -0.2) is 56.7 Å². The van der Waals surface area contributed by atoms with Crippen molar-refractivity contribution in [2.45, 2.75) is 37.8 Å². The van der Waals surface area contributed by atoms with Gasteiger partial charge in [0.25, 0.3) is 0 Å². The second kappa shape index (κ2) is 7.63. The Morgan fingerprint density at radius 2 is 2.29 bits per heavy atom. The lowest BCUT2D eigenvalue weighted by molar-refractivity contribution is -0.122. The normalized spacial score (nSPS) is 17.2. The number of rotatable bonds is 9. The van der Waals surface area contributed by atoms with Crippen molar-refractivity contribution in [3.63, 3.8) is 0 Å². The standard InChI is InChI=1S/C12H25N3O2/c1-15(6-3-7-17-2)11(9-13)8-12(16)14-10-4-5-10/h10-11H,3-9,13H2,1-2H3,(H,14,16). The predicted molar refractivity (Wildman–Crippen MR) is 67.7 cm³/mol. The number of ether oxygens (including phenoxy) is 1. The van der Waals surface area contributed by atoms with Crippen LogP contribution in [0.5, 0.6) is 0 Å². The molecule has 1 fully saturated rings. The van der Waals surface area contributed by atoms with Gasteiger partial charge in [-0.25, -0.2) is 0 Å². The molecule has 0 saturated heterocycles. The van der Waals surface area contributed by atoms with Gasteiger partial charge in [-0.05, 0) is 26.3 Å². The van der Waals surface area contributed by atoms with Gasteiger partial charge in [0.2, 0.25) is 5.91 Å². The van der Waals surface area contributed by atoms with E-state index in [1.165, 1.54) is 0 Å². The highest BCUT2D eigenvalue weighted by atomic mass is 16.5. The second-order valence-electron chi connectivity index (χ2n) is 4.76. The van der Waals surface area contributed by atoms with Gasteiger partial charge in [0.1, 0.15) is 0 Å². The minimum absolute atomic E-state index is 0.126. The third-order valence-corrected chi connectivity index (χ3v) is 3.12. The van der Waals surface area contributed by atoms with E-state index in [1.54, 1.807) is 7.11 Å². The van der Waals surface area contributed by atoms with E-state index in [-0.39, 0.29) is 11.9 Å². The van der Waals surface area contributed by atoms with Crippen molar-refractivity contribution in [2.24, 2.45) is 5.73 Å². The summed E-state index contributed by atoms with van der Waals surface area (Å²) in [6, 6.07) is 0.560. The van der Waals surface area contributed by atoms with Crippen LogP contribution in [-0.2, 0) is 9.53 Å². The van der Waals surface area contributed by atoms with Crippen molar-refractivity contribution < 1.29 is 9.53 Å². The smallest absolute Gasteiger partial charge is 0.221 e. The molecule has 100 valence electrons. The number of nitrogens with zero attached hydrogens (tertiary/aromatic N) is 1. The molecule has 1 amide bonds. The minimum Gasteiger partial charge on any atom is -0.385 e. The number of hydrogen-bond donors (Lipinski definition) is 2. The zero-order valence-electron chi connectivity index (χ0n) is 10.9. The lowest BCUT2D eigenvalue weighted by atomic mass is 10.1. The Hall–Kier alpha value is -0.650. The van der Waals surface area contributed by atoms with Crippen LogP contribution in [0.1, 0.15) is 25.7 Å². The highest BCUT2D eigenvalue weighted by molar-refractivity contribution is 5.77. The molecule has 0 aromatic heterocycles. The quantitative estimate of drug-likeness (QED) is 0.557. The van der Waals surface area contributed by atoms with Crippen LogP contribution < -0.4 is 11.1 Å². The first-order valence-electron chi connectivity index (χ1n) is 6.36. The fraction of sp³-hybridized carbons (Fsp3) is 0.917. The summed E-state index contributed by atoms with van der Waals surface area (Å²) in [6.07, 6.45) is 3.72. The van der Waals surface area contributed by atoms with E-state index in [9.17, 15) is 4.79 Å². The summed E-state index contributed by atoms with van der Waals surface area (Å²) in [5.41, 5.74) is 5.72. The van der Waals surface area contributed by atoms with Gasteiger partial charge in [-0.1, -0.05) is 0 Å². The summed E-state index contributed by atoms with van der Waals surface area (Å²) in [4.78, 5) is 13.8. The number of likely N-dealkylation sites (N-methyl/N-ethyl adjacent to an activating group) is 1. The second-order valence-corrected chi connectivity index (χ2v) is 4.76. The molecule has 1 saturated carbocycles. The third-order valence-electron chi connectivity index (χ3n) is 3.12. The number of methoxy groups -OCH3 is 1. The fourth-order valence-electron chi connectivity index (χ4n) is 1.79. The highest BCUT2D eigenvalue weighted by Gasteiger charge is 2.25. The monoisotopic (exact) mass is 243 g/mol. The molecule has 0 bridgehead atoms. The SMILES string of the molecule is COCCCN(C)C(CN)CC(=O)NC1CC1. The molecular weight excluding hydrogens is 218 g/mol. The summed E-state index contributed by atoms with van der Waals surface area (Å²) < 4.78 is 5.01. The number of hydrogen-bond acceptors (Lipinski definition) is 4. The van der Waals surface area contributed by atoms with Crippen LogP contribution in [0.25, 0.3) is 0 Å². The van der Waals surface area contributed by atoms with E-state index in [4.69, 9.17) is 10.5 Å². The number of nitrogens with one attached hydrogen (secondary N) is 1. The Morgan fingerprint density at radius 1 is 1.59 bits per heavy atom. The van der Waals surface area contributed by atoms with Gasteiger partial charge in [0, 0.05) is 45.3 Å². The first-order chi connectivity index (χ1) is 8.17. The average molecular weight is 243 g/mol. The largest absolute Gasteiger partial charge is 0.385 e. The molecule has 1 rings (SSSR count). The van der Waals surface area contributed by atoms with Crippen molar-refractivity contribution in [2.75, 3.05) is 33.9 Å². The summed E-state index contributed by atoms with van der Waals surface area (Å²) >= 11 is 0. The Balaban J connectivity index is 2.22. The molecule has 1 atom stereocenters. The first kappa shape index (κ1) is 14.4. The third kappa shape index (κ3) is 6.00. The summed E-state index contributed by atoms with van der Waals surface area (Å²) in [7, 11) is 3.71. The maximum atomic E-state index is 11.7. The van der Waals surface area contributed by atoms with Crippen molar-refractivity contribution in [1.82, 2.24) is 10.2 Å². The number of carbonyl (C=O) groups is 1. The number of amides is 1. The van der Waals surface area contributed by atoms with Crippen molar-refractivity contribution in [1.29, 1.82) is 0 Å². The van der Waals surface area contributed by atoms with E-state index < -0.39 is 0 Å². The molecule has 3 N–H and O–H groups in total. The maximum Gasteiger partial charge on any atom is 0.221 e. The first-order valence-corrected chi connectivity index (χ1v) is 6.36. The Kier molecular flexibility index (Phi) is 6.47. The van der Waals surface area contributed by atoms with E-state index in [1.807, 2.05) is 7.05 Å². The summed E-state index contributed by atoms with van der Waals surface area (Å²) in [5.74, 6) is 0.126. The van der Waals surface area contributed by atoms with Crippen LogP contribution >= 0.6 is 0 Å². The van der Waals surface area contributed by atoms with E-state index >= 15 is 0 Å². The molecule has 17 heavy (non-hydrogen) atoms. The van der Waals surface area contributed by atoms with Gasteiger partial charge in [0.15, 0.2) is 0 Å². The molecule has 1 aliphatic rings. The van der Waals surface area contributed by atoms with Crippen LogP contribution in [0.4, 0.5) is 0 Å². The summed E-state index contributed by atoms with van der Waals surface area (Å²) in [6.45, 7) is 2.17. The molecule has 0 aromatic rings. The molecule has 0 aromatic carbocycles. The Morgan fingerprint density at radius 3 is 2.82 bits per heavy atom. The van der Waals surface area contributed by atoms with E-state index in [2.05, 4.69) is 10.2 Å². The van der Waals surface area contributed by atoms with Crippen molar-refractivity contribution in [3.05, 3.63) is 0 Å². The van der Waals surface area contributed by atoms with Crippen LogP contribution in [0, 0.1) is 0 Å². The number of nitrogens with two attached hydrogens (primary N) is 1. The van der Waals surface area contributed by atoms with Gasteiger partial charge in [-0.15, -0.1) is 0 Å². The molecular formula is C12H25N3O2. The topological polar surface area (TPSA) is 67.6 Å². The molecule has 0 heterocycles. The molecule has 5 nitrogen and oxygen atoms in total. The lowest BCUT2D eigenvalue weighted by Crippen LogP contribution is -2.42. The Bertz CT molecular complexity index is 232. The van der Waals surface area contributed by atoms with E-state index in [0.29, 0.717) is 19.0 Å². The minimum atomic E-state index is 0.126. The van der Waals surface area contributed by atoms with Gasteiger partial charge < -0.3 is 20.7 Å². The van der Waals surface area contributed by atoms with Gasteiger partial charge in [-0.3, -0.25) is 4.79 Å². The van der Waals surface area contributed by atoms with Gasteiger partial charge >= 0.3 is 0 Å². The lowest BCUT2D eigenvalue weighted by Gasteiger charge is -2.26. The van der Waals surface area contributed by atoms with Gasteiger partial charge in [0.05, 0.1) is 0 Å². The van der Waals surface area contributed by atoms with Crippen LogP contribution in [0.3, 0.4) is 0 Å². The molecule has 0 radical (unpaired) electrons. The predicted octanol–water partition coefficient (Wildman–Crippen LogP) is -0.0493. The van der Waals surface area contributed by atoms with Crippen LogP contribution in [0.2, 0.25) is 0 Å². The average Bonchev–Trinajstić information content (AvgIpc) is 3.09. The molecule has 1 aliphatic carbocycles. The highest BCUT2D eigenvalue weighted by Crippen LogP contribution is 2.18. The zero-order chi connectivity index (χ0) is 12.7. The van der Waals surface area contributed by atoms with Crippen LogP contribution in [0.15, 0.2) is 0 Å². The zero-order valence-corrected chi connectivity index (χ0v) is 10.9. The summed E-state index contributed by atoms with van der Waals surface area (Å²) in [5, 5.41) is 2.99. The fourth-order valence-corrected chi connectivity index (χ4v) is 1.79. The maximum absolute atomic E-state index is 11.7. The van der Waals surface area contributed by atoms with Crippen molar-refractivity contribution >= 4 is 5.91 Å².